The van der Waals surface area contributed by atoms with Crippen LogP contribution in [0.25, 0.3) is 0 Å². The van der Waals surface area contributed by atoms with Crippen LogP contribution in [0.2, 0.25) is 0 Å². The molecule has 0 radical (unpaired) electrons. The molecule has 0 unspecified atom stereocenters. The van der Waals surface area contributed by atoms with Crippen molar-refractivity contribution in [2.75, 3.05) is 38.5 Å². The van der Waals surface area contributed by atoms with Gasteiger partial charge in [0.1, 0.15) is 4.32 Å². The molecule has 0 aromatic carbocycles. The van der Waals surface area contributed by atoms with Gasteiger partial charge in [-0.3, -0.25) is 0 Å². The van der Waals surface area contributed by atoms with E-state index >= 15 is 0 Å². The number of likely N-dealkylation sites (N-methyl/N-ethyl adjacent to an activating group) is 1. The Labute approximate surface area is 121 Å². The van der Waals surface area contributed by atoms with E-state index in [0.29, 0.717) is 0 Å². The average molecular weight is 287 g/mol. The smallest absolute Gasteiger partial charge is 0.136 e. The number of hydrogen-bond donors (Lipinski definition) is 0. The Morgan fingerprint density at radius 1 is 1.11 bits per heavy atom. The van der Waals surface area contributed by atoms with Crippen LogP contribution < -0.4 is 0 Å². The summed E-state index contributed by atoms with van der Waals surface area (Å²) in [6.07, 6.45) is 7.18. The molecule has 0 aromatic rings. The Balaban J connectivity index is 1.65. The van der Waals surface area contributed by atoms with Gasteiger partial charge in [-0.05, 0) is 25.3 Å². The van der Waals surface area contributed by atoms with Gasteiger partial charge in [-0.2, -0.15) is 0 Å². The zero-order valence-electron chi connectivity index (χ0n) is 11.6. The van der Waals surface area contributed by atoms with Gasteiger partial charge < -0.3 is 9.80 Å². The summed E-state index contributed by atoms with van der Waals surface area (Å²) < 4.78 is 1.15. The predicted octanol–water partition coefficient (Wildman–Crippen LogP) is 3.22. The molecule has 18 heavy (non-hydrogen) atoms. The molecule has 0 bridgehead atoms. The van der Waals surface area contributed by atoms with Crippen LogP contribution >= 0.6 is 24.0 Å². The van der Waals surface area contributed by atoms with E-state index < -0.39 is 0 Å². The van der Waals surface area contributed by atoms with Gasteiger partial charge in [-0.25, -0.2) is 0 Å². The van der Waals surface area contributed by atoms with Crippen molar-refractivity contribution >= 4 is 28.3 Å². The molecule has 4 heteroatoms. The second-order valence-electron chi connectivity index (χ2n) is 5.50. The molecule has 0 N–H and O–H groups in total. The van der Waals surface area contributed by atoms with Gasteiger partial charge in [-0.1, -0.05) is 50.2 Å². The van der Waals surface area contributed by atoms with E-state index in [2.05, 4.69) is 16.7 Å². The summed E-state index contributed by atoms with van der Waals surface area (Å²) in [4.78, 5) is 4.92. The highest BCUT2D eigenvalue weighted by Crippen LogP contribution is 2.27. The number of thiocarbonyl (C=S) groups is 1. The van der Waals surface area contributed by atoms with Crippen molar-refractivity contribution in [3.63, 3.8) is 0 Å². The van der Waals surface area contributed by atoms with Crippen LogP contribution in [0, 0.1) is 5.92 Å². The highest BCUT2D eigenvalue weighted by molar-refractivity contribution is 8.22. The van der Waals surface area contributed by atoms with Crippen LogP contribution in [-0.2, 0) is 0 Å². The fourth-order valence-electron chi connectivity index (χ4n) is 2.88. The SMILES string of the molecule is CCN1CCN(C(=S)SCC2CCCCC2)CC1. The minimum Gasteiger partial charge on any atom is -0.355 e. The monoisotopic (exact) mass is 286 g/mol. The summed E-state index contributed by atoms with van der Waals surface area (Å²) in [6.45, 7) is 8.04. The Hall–Kier alpha value is 0.200. The molecule has 1 aliphatic carbocycles. The highest BCUT2D eigenvalue weighted by atomic mass is 32.2. The third-order valence-electron chi connectivity index (χ3n) is 4.24. The molecular formula is C14H26N2S2. The van der Waals surface area contributed by atoms with Crippen LogP contribution in [0.3, 0.4) is 0 Å². The van der Waals surface area contributed by atoms with E-state index in [4.69, 9.17) is 12.2 Å². The van der Waals surface area contributed by atoms with Gasteiger partial charge in [0.25, 0.3) is 0 Å². The lowest BCUT2D eigenvalue weighted by molar-refractivity contribution is 0.193. The second kappa shape index (κ2) is 7.71. The first kappa shape index (κ1) is 14.6. The Bertz CT molecular complexity index is 257. The van der Waals surface area contributed by atoms with Crippen LogP contribution in [0.5, 0.6) is 0 Å². The topological polar surface area (TPSA) is 6.48 Å². The molecule has 1 heterocycles. The molecule has 0 spiro atoms. The van der Waals surface area contributed by atoms with Gasteiger partial charge in [0.15, 0.2) is 0 Å². The Kier molecular flexibility index (Phi) is 6.25. The van der Waals surface area contributed by atoms with Gasteiger partial charge in [0, 0.05) is 31.9 Å². The van der Waals surface area contributed by atoms with Crippen molar-refractivity contribution in [2.24, 2.45) is 5.92 Å². The van der Waals surface area contributed by atoms with E-state index in [-0.39, 0.29) is 0 Å². The van der Waals surface area contributed by atoms with Crippen molar-refractivity contribution in [1.29, 1.82) is 0 Å². The molecule has 1 saturated heterocycles. The van der Waals surface area contributed by atoms with Gasteiger partial charge >= 0.3 is 0 Å². The maximum atomic E-state index is 5.59. The van der Waals surface area contributed by atoms with Crippen LogP contribution in [0.1, 0.15) is 39.0 Å². The predicted molar refractivity (Wildman–Crippen MR) is 85.3 cm³/mol. The van der Waals surface area contributed by atoms with Crippen molar-refractivity contribution in [1.82, 2.24) is 9.80 Å². The summed E-state index contributed by atoms with van der Waals surface area (Å²) in [7, 11) is 0. The summed E-state index contributed by atoms with van der Waals surface area (Å²) >= 11 is 7.52. The third-order valence-corrected chi connectivity index (χ3v) is 6.00. The van der Waals surface area contributed by atoms with Gasteiger partial charge in [0.2, 0.25) is 0 Å². The minimum absolute atomic E-state index is 0.929. The van der Waals surface area contributed by atoms with E-state index in [9.17, 15) is 0 Å². The quantitative estimate of drug-likeness (QED) is 0.735. The third kappa shape index (κ3) is 4.39. The molecule has 1 saturated carbocycles. The molecule has 0 amide bonds. The zero-order chi connectivity index (χ0) is 12.8. The normalized spacial score (nSPS) is 23.3. The molecule has 2 fully saturated rings. The number of nitrogens with zero attached hydrogens (tertiary/aromatic N) is 2. The maximum absolute atomic E-state index is 5.59. The zero-order valence-corrected chi connectivity index (χ0v) is 13.2. The summed E-state index contributed by atoms with van der Waals surface area (Å²) in [5.74, 6) is 2.19. The number of piperazine rings is 1. The van der Waals surface area contributed by atoms with Crippen molar-refractivity contribution < 1.29 is 0 Å². The summed E-state index contributed by atoms with van der Waals surface area (Å²) in [5.41, 5.74) is 0. The summed E-state index contributed by atoms with van der Waals surface area (Å²) in [5, 5.41) is 0. The standard InChI is InChI=1S/C14H26N2S2/c1-2-15-8-10-16(11-9-15)14(17)18-12-13-6-4-3-5-7-13/h13H,2-12H2,1H3. The molecule has 0 aromatic heterocycles. The van der Waals surface area contributed by atoms with Crippen molar-refractivity contribution in [3.8, 4) is 0 Å². The highest BCUT2D eigenvalue weighted by Gasteiger charge is 2.20. The second-order valence-corrected chi connectivity index (χ2v) is 7.16. The largest absolute Gasteiger partial charge is 0.355 e. The maximum Gasteiger partial charge on any atom is 0.136 e. The fourth-order valence-corrected chi connectivity index (χ4v) is 4.34. The molecule has 1 aliphatic heterocycles. The minimum atomic E-state index is 0.929. The molecule has 2 nitrogen and oxygen atoms in total. The molecule has 104 valence electrons. The van der Waals surface area contributed by atoms with Crippen molar-refractivity contribution in [2.45, 2.75) is 39.0 Å². The average Bonchev–Trinajstić information content (AvgIpc) is 2.46. The number of thioether (sulfide) groups is 1. The fraction of sp³-hybridized carbons (Fsp3) is 0.929. The molecule has 2 rings (SSSR count). The molecular weight excluding hydrogens is 260 g/mol. The van der Waals surface area contributed by atoms with Crippen molar-refractivity contribution in [3.05, 3.63) is 0 Å². The van der Waals surface area contributed by atoms with Crippen LogP contribution in [-0.4, -0.2) is 52.6 Å². The first-order chi connectivity index (χ1) is 8.79. The lowest BCUT2D eigenvalue weighted by Crippen LogP contribution is -2.47. The Morgan fingerprint density at radius 3 is 2.39 bits per heavy atom. The van der Waals surface area contributed by atoms with Gasteiger partial charge in [0.05, 0.1) is 0 Å². The summed E-state index contributed by atoms with van der Waals surface area (Å²) in [6, 6.07) is 0. The lowest BCUT2D eigenvalue weighted by Gasteiger charge is -2.35. The first-order valence-electron chi connectivity index (χ1n) is 7.43. The van der Waals surface area contributed by atoms with E-state index in [0.717, 1.165) is 23.3 Å². The van der Waals surface area contributed by atoms with Gasteiger partial charge in [-0.15, -0.1) is 0 Å². The van der Waals surface area contributed by atoms with E-state index in [1.165, 1.54) is 57.5 Å². The first-order valence-corrected chi connectivity index (χ1v) is 8.83. The number of hydrogen-bond acceptors (Lipinski definition) is 3. The Morgan fingerprint density at radius 2 is 1.78 bits per heavy atom. The van der Waals surface area contributed by atoms with Crippen LogP contribution in [0.4, 0.5) is 0 Å². The number of rotatable bonds is 3. The molecule has 2 aliphatic rings. The molecule has 0 atom stereocenters. The van der Waals surface area contributed by atoms with E-state index in [1.807, 2.05) is 11.8 Å². The van der Waals surface area contributed by atoms with E-state index in [1.54, 1.807) is 0 Å². The van der Waals surface area contributed by atoms with Crippen LogP contribution in [0.15, 0.2) is 0 Å². The lowest BCUT2D eigenvalue weighted by atomic mass is 9.91.